The maximum atomic E-state index is 12.9. The number of hydrogen-bond donors (Lipinski definition) is 1. The lowest BCUT2D eigenvalue weighted by molar-refractivity contribution is 0.0399. The molecule has 0 bridgehead atoms. The Morgan fingerprint density at radius 1 is 1.33 bits per heavy atom. The first-order valence-electron chi connectivity index (χ1n) is 10.0. The van der Waals surface area contributed by atoms with Gasteiger partial charge in [-0.05, 0) is 25.3 Å². The fourth-order valence-corrected chi connectivity index (χ4v) is 4.96. The van der Waals surface area contributed by atoms with Crippen LogP contribution in [0.25, 0.3) is 10.1 Å². The van der Waals surface area contributed by atoms with Crippen LogP contribution in [0.3, 0.4) is 0 Å². The molecule has 1 atom stereocenters. The summed E-state index contributed by atoms with van der Waals surface area (Å²) in [7, 11) is 1.62. The first-order chi connectivity index (χ1) is 14.6. The molecule has 0 saturated carbocycles. The summed E-state index contributed by atoms with van der Waals surface area (Å²) >= 11 is 1.51. The zero-order chi connectivity index (χ0) is 21.1. The largest absolute Gasteiger partial charge is 0.383 e. The summed E-state index contributed by atoms with van der Waals surface area (Å²) < 4.78 is 12.3. The van der Waals surface area contributed by atoms with Crippen molar-refractivity contribution in [1.82, 2.24) is 15.3 Å². The van der Waals surface area contributed by atoms with Crippen LogP contribution < -0.4 is 10.2 Å². The molecule has 30 heavy (non-hydrogen) atoms. The van der Waals surface area contributed by atoms with Crippen molar-refractivity contribution in [3.63, 3.8) is 0 Å². The van der Waals surface area contributed by atoms with E-state index >= 15 is 0 Å². The number of aryl methyl sites for hydroxylation is 2. The molecule has 1 aliphatic heterocycles. The molecule has 1 fully saturated rings. The van der Waals surface area contributed by atoms with Gasteiger partial charge in [0.2, 0.25) is 0 Å². The van der Waals surface area contributed by atoms with Crippen LogP contribution in [0.15, 0.2) is 30.3 Å². The molecule has 0 aliphatic carbocycles. The molecule has 3 heterocycles. The number of thiophene rings is 1. The van der Waals surface area contributed by atoms with Crippen LogP contribution in [-0.2, 0) is 9.47 Å². The molecule has 8 heteroatoms. The maximum absolute atomic E-state index is 12.9. The second-order valence-corrected chi connectivity index (χ2v) is 8.36. The Hall–Kier alpha value is -2.55. The number of morpholine rings is 1. The third-order valence-electron chi connectivity index (χ3n) is 5.10. The third kappa shape index (κ3) is 4.30. The highest BCUT2D eigenvalue weighted by Crippen LogP contribution is 2.38. The van der Waals surface area contributed by atoms with Crippen LogP contribution in [0.1, 0.15) is 32.9 Å². The van der Waals surface area contributed by atoms with E-state index < -0.39 is 0 Å². The molecule has 0 unspecified atom stereocenters. The van der Waals surface area contributed by atoms with E-state index in [1.807, 2.05) is 38.1 Å². The fourth-order valence-electron chi connectivity index (χ4n) is 3.79. The molecule has 4 rings (SSSR count). The molecule has 1 aromatic carbocycles. The van der Waals surface area contributed by atoms with Crippen molar-refractivity contribution >= 4 is 33.1 Å². The number of aromatic nitrogens is 2. The number of ether oxygens (including phenoxy) is 2. The number of carbonyl (C=O) groups is 1. The van der Waals surface area contributed by atoms with Gasteiger partial charge in [0.05, 0.1) is 18.1 Å². The van der Waals surface area contributed by atoms with Crippen molar-refractivity contribution in [3.8, 4) is 0 Å². The SMILES string of the molecule is COCCNC(=O)c1sc2ccccc2c1[C@@H]1CN(c2cc(C)nc(C)n2)CCO1. The Labute approximate surface area is 180 Å². The van der Waals surface area contributed by atoms with E-state index in [4.69, 9.17) is 9.47 Å². The second kappa shape index (κ2) is 9.07. The van der Waals surface area contributed by atoms with Crippen LogP contribution in [-0.4, -0.2) is 55.8 Å². The molecule has 2 aromatic heterocycles. The first-order valence-corrected chi connectivity index (χ1v) is 10.9. The topological polar surface area (TPSA) is 76.6 Å². The van der Waals surface area contributed by atoms with E-state index in [2.05, 4.69) is 26.3 Å². The van der Waals surface area contributed by atoms with Crippen LogP contribution in [0.5, 0.6) is 0 Å². The van der Waals surface area contributed by atoms with Crippen molar-refractivity contribution in [2.24, 2.45) is 0 Å². The van der Waals surface area contributed by atoms with Crippen LogP contribution in [0.4, 0.5) is 5.82 Å². The van der Waals surface area contributed by atoms with Crippen LogP contribution >= 0.6 is 11.3 Å². The molecule has 1 saturated heterocycles. The number of rotatable bonds is 6. The molecule has 1 aliphatic rings. The standard InChI is InChI=1S/C22H26N4O3S/c1-14-12-19(25-15(2)24-14)26-9-11-29-17(13-26)20-16-6-4-5-7-18(16)30-21(20)22(27)23-8-10-28-3/h4-7,12,17H,8-11,13H2,1-3H3,(H,23,27)/t17-/m0/s1. The van der Waals surface area contributed by atoms with E-state index in [1.165, 1.54) is 11.3 Å². The van der Waals surface area contributed by atoms with Crippen molar-refractivity contribution in [2.75, 3.05) is 44.9 Å². The van der Waals surface area contributed by atoms with Gasteiger partial charge in [0.1, 0.15) is 17.7 Å². The summed E-state index contributed by atoms with van der Waals surface area (Å²) in [4.78, 5) is 24.9. The summed E-state index contributed by atoms with van der Waals surface area (Å²) in [5.74, 6) is 1.57. The normalized spacial score (nSPS) is 16.8. The molecule has 158 valence electrons. The predicted molar refractivity (Wildman–Crippen MR) is 118 cm³/mol. The van der Waals surface area contributed by atoms with Crippen molar-refractivity contribution in [2.45, 2.75) is 20.0 Å². The molecule has 1 N–H and O–H groups in total. The van der Waals surface area contributed by atoms with Crippen LogP contribution in [0.2, 0.25) is 0 Å². The lowest BCUT2D eigenvalue weighted by atomic mass is 10.0. The monoisotopic (exact) mass is 426 g/mol. The molecular weight excluding hydrogens is 400 g/mol. The lowest BCUT2D eigenvalue weighted by Gasteiger charge is -2.34. The molecule has 0 radical (unpaired) electrons. The fraction of sp³-hybridized carbons (Fsp3) is 0.409. The average Bonchev–Trinajstić information content (AvgIpc) is 3.13. The number of amides is 1. The van der Waals surface area contributed by atoms with Gasteiger partial charge in [-0.15, -0.1) is 11.3 Å². The summed E-state index contributed by atoms with van der Waals surface area (Å²) in [6.45, 7) is 6.79. The zero-order valence-electron chi connectivity index (χ0n) is 17.5. The molecule has 0 spiro atoms. The minimum absolute atomic E-state index is 0.0855. The van der Waals surface area contributed by atoms with Crippen LogP contribution in [0, 0.1) is 13.8 Å². The highest BCUT2D eigenvalue weighted by atomic mass is 32.1. The van der Waals surface area contributed by atoms with Gasteiger partial charge >= 0.3 is 0 Å². The van der Waals surface area contributed by atoms with Crippen molar-refractivity contribution < 1.29 is 14.3 Å². The molecule has 7 nitrogen and oxygen atoms in total. The number of anilines is 1. The summed E-state index contributed by atoms with van der Waals surface area (Å²) in [6, 6.07) is 10.1. The Bertz CT molecular complexity index is 1030. The van der Waals surface area contributed by atoms with Crippen molar-refractivity contribution in [1.29, 1.82) is 0 Å². The Kier molecular flexibility index (Phi) is 6.26. The number of nitrogens with one attached hydrogen (secondary N) is 1. The van der Waals surface area contributed by atoms with Gasteiger partial charge in [-0.2, -0.15) is 0 Å². The van der Waals surface area contributed by atoms with Crippen molar-refractivity contribution in [3.05, 3.63) is 52.3 Å². The highest BCUT2D eigenvalue weighted by molar-refractivity contribution is 7.21. The van der Waals surface area contributed by atoms with Gasteiger partial charge in [0, 0.05) is 48.8 Å². The van der Waals surface area contributed by atoms with E-state index in [0.29, 0.717) is 31.2 Å². The lowest BCUT2D eigenvalue weighted by Crippen LogP contribution is -2.39. The zero-order valence-corrected chi connectivity index (χ0v) is 18.3. The van der Waals surface area contributed by atoms with Gasteiger partial charge in [0.25, 0.3) is 5.91 Å². The highest BCUT2D eigenvalue weighted by Gasteiger charge is 2.30. The van der Waals surface area contributed by atoms with Gasteiger partial charge < -0.3 is 19.7 Å². The smallest absolute Gasteiger partial charge is 0.261 e. The first kappa shape index (κ1) is 20.7. The minimum Gasteiger partial charge on any atom is -0.383 e. The number of hydrogen-bond acceptors (Lipinski definition) is 7. The van der Waals surface area contributed by atoms with Gasteiger partial charge in [0.15, 0.2) is 0 Å². The molecule has 3 aromatic rings. The third-order valence-corrected chi connectivity index (χ3v) is 6.28. The Morgan fingerprint density at radius 2 is 2.17 bits per heavy atom. The quantitative estimate of drug-likeness (QED) is 0.610. The number of carbonyl (C=O) groups excluding carboxylic acids is 1. The molecule has 1 amide bonds. The number of nitrogens with zero attached hydrogens (tertiary/aromatic N) is 3. The van der Waals surface area contributed by atoms with Gasteiger partial charge in [-0.1, -0.05) is 18.2 Å². The number of methoxy groups -OCH3 is 1. The van der Waals surface area contributed by atoms with E-state index in [0.717, 1.165) is 39.5 Å². The summed E-state index contributed by atoms with van der Waals surface area (Å²) in [5.41, 5.74) is 1.90. The average molecular weight is 427 g/mol. The Morgan fingerprint density at radius 3 is 2.97 bits per heavy atom. The minimum atomic E-state index is -0.214. The predicted octanol–water partition coefficient (Wildman–Crippen LogP) is 3.26. The van der Waals surface area contributed by atoms with Gasteiger partial charge in [-0.25, -0.2) is 9.97 Å². The maximum Gasteiger partial charge on any atom is 0.261 e. The van der Waals surface area contributed by atoms with E-state index in [9.17, 15) is 4.79 Å². The van der Waals surface area contributed by atoms with E-state index in [-0.39, 0.29) is 12.0 Å². The molecular formula is C22H26N4O3S. The number of fused-ring (bicyclic) bond motifs is 1. The number of benzene rings is 1. The van der Waals surface area contributed by atoms with Gasteiger partial charge in [-0.3, -0.25) is 4.79 Å². The summed E-state index contributed by atoms with van der Waals surface area (Å²) in [5, 5.41) is 4.03. The summed E-state index contributed by atoms with van der Waals surface area (Å²) in [6.07, 6.45) is -0.214. The Balaban J connectivity index is 1.67. The van der Waals surface area contributed by atoms with E-state index in [1.54, 1.807) is 7.11 Å². The second-order valence-electron chi connectivity index (χ2n) is 7.31.